The first kappa shape index (κ1) is 15.3. The van der Waals surface area contributed by atoms with Gasteiger partial charge in [0.25, 0.3) is 0 Å². The maximum absolute atomic E-state index is 12.5. The smallest absolute Gasteiger partial charge is 0.416 e. The highest BCUT2D eigenvalue weighted by Crippen LogP contribution is 2.31. The molecule has 0 aliphatic heterocycles. The van der Waals surface area contributed by atoms with E-state index in [1.807, 2.05) is 5.43 Å². The van der Waals surface area contributed by atoms with E-state index in [4.69, 9.17) is 10.6 Å². The highest BCUT2D eigenvalue weighted by molar-refractivity contribution is 5.75. The summed E-state index contributed by atoms with van der Waals surface area (Å²) in [6, 6.07) is 4.62. The quantitative estimate of drug-likeness (QED) is 0.492. The number of alkyl halides is 3. The minimum Gasteiger partial charge on any atom is -0.491 e. The summed E-state index contributed by atoms with van der Waals surface area (Å²) in [5, 5.41) is 0. The molecule has 0 fully saturated rings. The molecule has 1 amide bonds. The van der Waals surface area contributed by atoms with Crippen molar-refractivity contribution in [3.05, 3.63) is 29.8 Å². The molecular weight excluding hydrogens is 261 g/mol. The highest BCUT2D eigenvalue weighted by Gasteiger charge is 2.30. The monoisotopic (exact) mass is 276 g/mol. The summed E-state index contributed by atoms with van der Waals surface area (Å²) in [4.78, 5) is 10.9. The third-order valence-corrected chi connectivity index (χ3v) is 2.44. The summed E-state index contributed by atoms with van der Waals surface area (Å²) >= 11 is 0. The maximum atomic E-state index is 12.5. The Kier molecular flexibility index (Phi) is 5.17. The van der Waals surface area contributed by atoms with Crippen molar-refractivity contribution in [1.29, 1.82) is 0 Å². The minimum atomic E-state index is -4.40. The van der Waals surface area contributed by atoms with Crippen molar-refractivity contribution in [2.45, 2.75) is 32.0 Å². The van der Waals surface area contributed by atoms with E-state index in [1.165, 1.54) is 12.1 Å². The number of amides is 1. The molecule has 1 atom stereocenters. The average molecular weight is 276 g/mol. The molecule has 7 heteroatoms. The summed E-state index contributed by atoms with van der Waals surface area (Å²) in [6.45, 7) is 1.67. The van der Waals surface area contributed by atoms with Crippen LogP contribution in [0, 0.1) is 0 Å². The van der Waals surface area contributed by atoms with Crippen molar-refractivity contribution in [3.63, 3.8) is 0 Å². The van der Waals surface area contributed by atoms with Gasteiger partial charge in [0, 0.05) is 6.42 Å². The number of hydrogen-bond donors (Lipinski definition) is 2. The van der Waals surface area contributed by atoms with Crippen LogP contribution in [0.4, 0.5) is 13.2 Å². The molecule has 0 aliphatic rings. The van der Waals surface area contributed by atoms with Gasteiger partial charge in [0.1, 0.15) is 5.75 Å². The van der Waals surface area contributed by atoms with E-state index >= 15 is 0 Å². The molecular formula is C12H15F3N2O2. The molecule has 0 radical (unpaired) electrons. The summed E-state index contributed by atoms with van der Waals surface area (Å²) in [7, 11) is 0. The van der Waals surface area contributed by atoms with Crippen LogP contribution in [-0.2, 0) is 11.0 Å². The Labute approximate surface area is 108 Å². The van der Waals surface area contributed by atoms with Crippen LogP contribution in [0.3, 0.4) is 0 Å². The van der Waals surface area contributed by atoms with Crippen LogP contribution in [0.15, 0.2) is 24.3 Å². The summed E-state index contributed by atoms with van der Waals surface area (Å²) in [5.41, 5.74) is 1.20. The predicted molar refractivity (Wildman–Crippen MR) is 63.1 cm³/mol. The summed E-state index contributed by atoms with van der Waals surface area (Å²) in [5.74, 6) is 4.69. The van der Waals surface area contributed by atoms with Crippen LogP contribution >= 0.6 is 0 Å². The van der Waals surface area contributed by atoms with Gasteiger partial charge >= 0.3 is 6.18 Å². The number of nitrogens with two attached hydrogens (primary N) is 1. The van der Waals surface area contributed by atoms with Crippen molar-refractivity contribution in [1.82, 2.24) is 5.43 Å². The van der Waals surface area contributed by atoms with Gasteiger partial charge in [-0.05, 0) is 31.5 Å². The second-order valence-corrected chi connectivity index (χ2v) is 4.06. The number of hydrogen-bond acceptors (Lipinski definition) is 3. The standard InChI is InChI=1S/C12H15F3N2O2/c1-8(5-6-11(18)17-16)19-10-4-2-3-9(7-10)12(13,14)15/h2-4,7-8H,5-6,16H2,1H3,(H,17,18). The minimum absolute atomic E-state index is 0.121. The van der Waals surface area contributed by atoms with Gasteiger partial charge in [-0.3, -0.25) is 10.2 Å². The van der Waals surface area contributed by atoms with Gasteiger partial charge in [0.05, 0.1) is 11.7 Å². The number of halogens is 3. The van der Waals surface area contributed by atoms with Crippen molar-refractivity contribution in [2.24, 2.45) is 5.84 Å². The lowest BCUT2D eigenvalue weighted by atomic mass is 10.2. The van der Waals surface area contributed by atoms with Crippen LogP contribution in [0.2, 0.25) is 0 Å². The van der Waals surface area contributed by atoms with Gasteiger partial charge < -0.3 is 4.74 Å². The third kappa shape index (κ3) is 5.17. The number of ether oxygens (including phenoxy) is 1. The summed E-state index contributed by atoms with van der Waals surface area (Å²) in [6.07, 6.45) is -4.28. The molecule has 0 spiro atoms. The first-order valence-corrected chi connectivity index (χ1v) is 5.66. The van der Waals surface area contributed by atoms with Crippen LogP contribution < -0.4 is 16.0 Å². The van der Waals surface area contributed by atoms with Gasteiger partial charge in [0.15, 0.2) is 0 Å². The number of rotatable bonds is 5. The van der Waals surface area contributed by atoms with Gasteiger partial charge in [-0.25, -0.2) is 5.84 Å². The number of hydrazine groups is 1. The molecule has 4 nitrogen and oxygen atoms in total. The van der Waals surface area contributed by atoms with Gasteiger partial charge in [0.2, 0.25) is 5.91 Å². The molecule has 1 aromatic carbocycles. The van der Waals surface area contributed by atoms with Crippen molar-refractivity contribution >= 4 is 5.91 Å². The van der Waals surface area contributed by atoms with Crippen LogP contribution in [0.25, 0.3) is 0 Å². The number of carbonyl (C=O) groups is 1. The topological polar surface area (TPSA) is 64.4 Å². The fourth-order valence-corrected chi connectivity index (χ4v) is 1.44. The maximum Gasteiger partial charge on any atom is 0.416 e. The van der Waals surface area contributed by atoms with E-state index in [-0.39, 0.29) is 24.2 Å². The molecule has 0 aliphatic carbocycles. The van der Waals surface area contributed by atoms with Gasteiger partial charge in [-0.15, -0.1) is 0 Å². The molecule has 0 bridgehead atoms. The first-order valence-electron chi connectivity index (χ1n) is 5.66. The number of nitrogens with one attached hydrogen (secondary N) is 1. The zero-order valence-electron chi connectivity index (χ0n) is 10.3. The first-order chi connectivity index (χ1) is 8.82. The fourth-order valence-electron chi connectivity index (χ4n) is 1.44. The lowest BCUT2D eigenvalue weighted by Gasteiger charge is -2.15. The van der Waals surface area contributed by atoms with Crippen molar-refractivity contribution in [3.8, 4) is 5.75 Å². The predicted octanol–water partition coefficient (Wildman–Crippen LogP) is 2.24. The Hall–Kier alpha value is -1.76. The third-order valence-electron chi connectivity index (χ3n) is 2.44. The second-order valence-electron chi connectivity index (χ2n) is 4.06. The van der Waals surface area contributed by atoms with Crippen LogP contribution in [0.1, 0.15) is 25.3 Å². The fraction of sp³-hybridized carbons (Fsp3) is 0.417. The molecule has 0 saturated heterocycles. The second kappa shape index (κ2) is 6.42. The summed E-state index contributed by atoms with van der Waals surface area (Å²) < 4.78 is 42.8. The average Bonchev–Trinajstić information content (AvgIpc) is 2.35. The highest BCUT2D eigenvalue weighted by atomic mass is 19.4. The Morgan fingerprint density at radius 1 is 1.47 bits per heavy atom. The molecule has 1 unspecified atom stereocenters. The van der Waals surface area contributed by atoms with Crippen molar-refractivity contribution in [2.75, 3.05) is 0 Å². The molecule has 0 aromatic heterocycles. The molecule has 1 aromatic rings. The van der Waals surface area contributed by atoms with E-state index in [0.29, 0.717) is 6.42 Å². The lowest BCUT2D eigenvalue weighted by Crippen LogP contribution is -2.30. The molecule has 0 saturated carbocycles. The molecule has 1 rings (SSSR count). The van der Waals surface area contributed by atoms with E-state index in [9.17, 15) is 18.0 Å². The Bertz CT molecular complexity index is 435. The molecule has 0 heterocycles. The van der Waals surface area contributed by atoms with E-state index in [1.54, 1.807) is 6.92 Å². The molecule has 19 heavy (non-hydrogen) atoms. The number of benzene rings is 1. The lowest BCUT2D eigenvalue weighted by molar-refractivity contribution is -0.137. The van der Waals surface area contributed by atoms with Gasteiger partial charge in [-0.1, -0.05) is 6.07 Å². The van der Waals surface area contributed by atoms with Gasteiger partial charge in [-0.2, -0.15) is 13.2 Å². The largest absolute Gasteiger partial charge is 0.491 e. The molecule has 3 N–H and O–H groups in total. The van der Waals surface area contributed by atoms with Crippen LogP contribution in [-0.4, -0.2) is 12.0 Å². The molecule has 106 valence electrons. The van der Waals surface area contributed by atoms with Crippen molar-refractivity contribution < 1.29 is 22.7 Å². The van der Waals surface area contributed by atoms with E-state index < -0.39 is 11.7 Å². The normalized spacial score (nSPS) is 12.9. The van der Waals surface area contributed by atoms with E-state index in [0.717, 1.165) is 12.1 Å². The number of carbonyl (C=O) groups excluding carboxylic acids is 1. The Morgan fingerprint density at radius 2 is 2.16 bits per heavy atom. The Morgan fingerprint density at radius 3 is 2.74 bits per heavy atom. The zero-order valence-corrected chi connectivity index (χ0v) is 10.3. The Balaban J connectivity index is 2.59. The SMILES string of the molecule is CC(CCC(=O)NN)Oc1cccc(C(F)(F)F)c1. The zero-order chi connectivity index (χ0) is 14.5. The van der Waals surface area contributed by atoms with E-state index in [2.05, 4.69) is 0 Å². The van der Waals surface area contributed by atoms with Crippen LogP contribution in [0.5, 0.6) is 5.75 Å².